The summed E-state index contributed by atoms with van der Waals surface area (Å²) in [6.07, 6.45) is -0.566. The molecule has 1 N–H and O–H groups in total. The first-order chi connectivity index (χ1) is 15.1. The first-order valence-electron chi connectivity index (χ1n) is 10.4. The summed E-state index contributed by atoms with van der Waals surface area (Å²) in [6, 6.07) is 19.2. The van der Waals surface area contributed by atoms with Gasteiger partial charge >= 0.3 is 0 Å². The third-order valence-electron chi connectivity index (χ3n) is 5.48. The van der Waals surface area contributed by atoms with Crippen molar-refractivity contribution >= 4 is 22.4 Å². The number of fused-ring (bicyclic) bond motifs is 1. The largest absolute Gasteiger partial charge is 0.496 e. The van der Waals surface area contributed by atoms with Crippen LogP contribution in [0.5, 0.6) is 11.5 Å². The number of para-hydroxylation sites is 1. The molecule has 162 valence electrons. The number of carbonyl (C=O) groups is 1. The zero-order valence-corrected chi connectivity index (χ0v) is 18.0. The predicted molar refractivity (Wildman–Crippen MR) is 119 cm³/mol. The second-order valence-electron chi connectivity index (χ2n) is 7.80. The number of ether oxygens (including phenoxy) is 4. The minimum absolute atomic E-state index is 0.153. The van der Waals surface area contributed by atoms with Gasteiger partial charge in [-0.15, -0.1) is 0 Å². The van der Waals surface area contributed by atoms with Crippen molar-refractivity contribution in [2.45, 2.75) is 20.1 Å². The molecule has 6 heteroatoms. The summed E-state index contributed by atoms with van der Waals surface area (Å²) >= 11 is 0. The van der Waals surface area contributed by atoms with E-state index in [2.05, 4.69) is 5.32 Å². The van der Waals surface area contributed by atoms with Crippen LogP contribution in [0.15, 0.2) is 60.7 Å². The van der Waals surface area contributed by atoms with Crippen LogP contribution >= 0.6 is 0 Å². The number of rotatable bonds is 6. The zero-order valence-electron chi connectivity index (χ0n) is 18.0. The van der Waals surface area contributed by atoms with Crippen molar-refractivity contribution in [1.29, 1.82) is 0 Å². The Morgan fingerprint density at radius 1 is 1.00 bits per heavy atom. The van der Waals surface area contributed by atoms with E-state index in [1.807, 2.05) is 74.5 Å². The molecule has 0 unspecified atom stereocenters. The summed E-state index contributed by atoms with van der Waals surface area (Å²) in [5.74, 6) is 1.34. The standard InChI is InChI=1S/C25H27NO5/c1-4-29-22-14-13-20(17-9-5-6-10-18(17)22)26-24(27)25(2)15-30-23(31-16-25)19-11-7-8-12-21(19)28-3/h5-14,23H,4,15-16H2,1-3H3,(H,26,27). The first kappa shape index (κ1) is 21.2. The molecule has 1 amide bonds. The van der Waals surface area contributed by atoms with Gasteiger partial charge in [0.15, 0.2) is 6.29 Å². The van der Waals surface area contributed by atoms with Gasteiger partial charge in [-0.3, -0.25) is 4.79 Å². The summed E-state index contributed by atoms with van der Waals surface area (Å²) in [5, 5.41) is 4.95. The Hall–Kier alpha value is -3.09. The van der Waals surface area contributed by atoms with Crippen molar-refractivity contribution < 1.29 is 23.7 Å². The van der Waals surface area contributed by atoms with E-state index in [1.165, 1.54) is 0 Å². The van der Waals surface area contributed by atoms with Gasteiger partial charge in [0.25, 0.3) is 0 Å². The monoisotopic (exact) mass is 421 g/mol. The summed E-state index contributed by atoms with van der Waals surface area (Å²) in [5.41, 5.74) is 0.722. The third-order valence-corrected chi connectivity index (χ3v) is 5.48. The van der Waals surface area contributed by atoms with Gasteiger partial charge in [0.05, 0.1) is 32.3 Å². The maximum atomic E-state index is 13.2. The molecule has 1 aliphatic rings. The lowest BCUT2D eigenvalue weighted by Crippen LogP contribution is -2.45. The van der Waals surface area contributed by atoms with Gasteiger partial charge in [-0.1, -0.05) is 42.5 Å². The quantitative estimate of drug-likeness (QED) is 0.611. The minimum Gasteiger partial charge on any atom is -0.496 e. The Balaban J connectivity index is 1.50. The zero-order chi connectivity index (χ0) is 21.8. The third kappa shape index (κ3) is 4.22. The molecule has 0 aromatic heterocycles. The van der Waals surface area contributed by atoms with Crippen LogP contribution in [0.1, 0.15) is 25.7 Å². The van der Waals surface area contributed by atoms with Crippen LogP contribution < -0.4 is 14.8 Å². The Kier molecular flexibility index (Phi) is 6.11. The van der Waals surface area contributed by atoms with Crippen LogP contribution in [-0.2, 0) is 14.3 Å². The van der Waals surface area contributed by atoms with Crippen molar-refractivity contribution in [3.8, 4) is 11.5 Å². The van der Waals surface area contributed by atoms with Gasteiger partial charge in [0, 0.05) is 22.0 Å². The molecular formula is C25H27NO5. The number of benzene rings is 3. The second kappa shape index (κ2) is 8.96. The Labute approximate surface area is 182 Å². The Morgan fingerprint density at radius 2 is 1.68 bits per heavy atom. The van der Waals surface area contributed by atoms with E-state index in [0.717, 1.165) is 27.8 Å². The number of carbonyl (C=O) groups excluding carboxylic acids is 1. The van der Waals surface area contributed by atoms with E-state index >= 15 is 0 Å². The van der Waals surface area contributed by atoms with Crippen molar-refractivity contribution in [2.24, 2.45) is 5.41 Å². The average molecular weight is 421 g/mol. The highest BCUT2D eigenvalue weighted by Crippen LogP contribution is 2.37. The fourth-order valence-electron chi connectivity index (χ4n) is 3.72. The number of methoxy groups -OCH3 is 1. The van der Waals surface area contributed by atoms with Gasteiger partial charge in [-0.25, -0.2) is 0 Å². The molecule has 0 spiro atoms. The molecule has 3 aromatic carbocycles. The molecule has 1 aliphatic heterocycles. The summed E-state index contributed by atoms with van der Waals surface area (Å²) in [7, 11) is 1.61. The molecule has 0 aliphatic carbocycles. The van der Waals surface area contributed by atoms with Gasteiger partial charge in [0.1, 0.15) is 11.5 Å². The van der Waals surface area contributed by atoms with Crippen LogP contribution in [0.25, 0.3) is 10.8 Å². The normalized spacial score (nSPS) is 20.9. The van der Waals surface area contributed by atoms with Crippen LogP contribution in [0.3, 0.4) is 0 Å². The van der Waals surface area contributed by atoms with E-state index < -0.39 is 11.7 Å². The SMILES string of the molecule is CCOc1ccc(NC(=O)C2(C)COC(c3ccccc3OC)OC2)c2ccccc12. The lowest BCUT2D eigenvalue weighted by molar-refractivity contribution is -0.226. The molecule has 1 saturated heterocycles. The van der Waals surface area contributed by atoms with Crippen LogP contribution in [0.4, 0.5) is 5.69 Å². The maximum Gasteiger partial charge on any atom is 0.235 e. The van der Waals surface area contributed by atoms with Crippen LogP contribution in [-0.4, -0.2) is 32.8 Å². The topological polar surface area (TPSA) is 66.0 Å². The molecule has 4 rings (SSSR count). The maximum absolute atomic E-state index is 13.2. The molecule has 0 atom stereocenters. The van der Waals surface area contributed by atoms with Crippen molar-refractivity contribution in [1.82, 2.24) is 0 Å². The van der Waals surface area contributed by atoms with Gasteiger partial charge in [-0.05, 0) is 32.0 Å². The molecule has 3 aromatic rings. The lowest BCUT2D eigenvalue weighted by Gasteiger charge is -2.36. The fourth-order valence-corrected chi connectivity index (χ4v) is 3.72. The summed E-state index contributed by atoms with van der Waals surface area (Å²) < 4.78 is 23.0. The molecule has 31 heavy (non-hydrogen) atoms. The van der Waals surface area contributed by atoms with Crippen LogP contribution in [0, 0.1) is 5.41 Å². The number of anilines is 1. The highest BCUT2D eigenvalue weighted by molar-refractivity contribution is 6.05. The van der Waals surface area contributed by atoms with Crippen molar-refractivity contribution in [2.75, 3.05) is 32.2 Å². The van der Waals surface area contributed by atoms with Gasteiger partial charge in [-0.2, -0.15) is 0 Å². The smallest absolute Gasteiger partial charge is 0.235 e. The lowest BCUT2D eigenvalue weighted by atomic mass is 9.90. The number of amides is 1. The van der Waals surface area contributed by atoms with E-state index in [1.54, 1.807) is 7.11 Å². The molecule has 1 heterocycles. The molecule has 6 nitrogen and oxygen atoms in total. The molecule has 0 radical (unpaired) electrons. The molecular weight excluding hydrogens is 394 g/mol. The van der Waals surface area contributed by atoms with E-state index in [9.17, 15) is 4.79 Å². The van der Waals surface area contributed by atoms with Crippen molar-refractivity contribution in [3.63, 3.8) is 0 Å². The molecule has 0 saturated carbocycles. The van der Waals surface area contributed by atoms with Crippen molar-refractivity contribution in [3.05, 3.63) is 66.2 Å². The predicted octanol–water partition coefficient (Wildman–Crippen LogP) is 4.94. The number of hydrogen-bond acceptors (Lipinski definition) is 5. The van der Waals surface area contributed by atoms with E-state index in [4.69, 9.17) is 18.9 Å². The fraction of sp³-hybridized carbons (Fsp3) is 0.320. The second-order valence-corrected chi connectivity index (χ2v) is 7.80. The van der Waals surface area contributed by atoms with Crippen LogP contribution in [0.2, 0.25) is 0 Å². The Morgan fingerprint density at radius 3 is 2.39 bits per heavy atom. The average Bonchev–Trinajstić information content (AvgIpc) is 2.81. The molecule has 1 fully saturated rings. The highest BCUT2D eigenvalue weighted by Gasteiger charge is 2.40. The minimum atomic E-state index is -0.821. The van der Waals surface area contributed by atoms with E-state index in [0.29, 0.717) is 12.4 Å². The number of hydrogen-bond donors (Lipinski definition) is 1. The van der Waals surface area contributed by atoms with E-state index in [-0.39, 0.29) is 19.1 Å². The first-order valence-corrected chi connectivity index (χ1v) is 10.4. The Bertz CT molecular complexity index is 1070. The summed E-state index contributed by atoms with van der Waals surface area (Å²) in [4.78, 5) is 13.2. The van der Waals surface area contributed by atoms with Gasteiger partial charge in [0.2, 0.25) is 5.91 Å². The molecule has 0 bridgehead atoms. The summed E-state index contributed by atoms with van der Waals surface area (Å²) in [6.45, 7) is 4.84. The number of nitrogens with one attached hydrogen (secondary N) is 1. The highest BCUT2D eigenvalue weighted by atomic mass is 16.7. The van der Waals surface area contributed by atoms with Gasteiger partial charge < -0.3 is 24.3 Å².